The topological polar surface area (TPSA) is 55.8 Å². The molecule has 0 aromatic heterocycles. The summed E-state index contributed by atoms with van der Waals surface area (Å²) in [5.41, 5.74) is 5.98. The molecule has 0 radical (unpaired) electrons. The number of hydrogen-bond acceptors (Lipinski definition) is 4. The fraction of sp³-hybridized carbons (Fsp3) is 0.381. The van der Waals surface area contributed by atoms with Crippen molar-refractivity contribution in [3.63, 3.8) is 0 Å². The predicted octanol–water partition coefficient (Wildman–Crippen LogP) is 3.08. The fourth-order valence-corrected chi connectivity index (χ4v) is 3.47. The molecule has 5 heteroatoms. The maximum Gasteiger partial charge on any atom is 0.274 e. The van der Waals surface area contributed by atoms with Gasteiger partial charge in [-0.05, 0) is 62.2 Å². The van der Waals surface area contributed by atoms with E-state index in [9.17, 15) is 4.79 Å². The van der Waals surface area contributed by atoms with Gasteiger partial charge in [0.1, 0.15) is 0 Å². The van der Waals surface area contributed by atoms with Crippen LogP contribution >= 0.6 is 0 Å². The van der Waals surface area contributed by atoms with Gasteiger partial charge in [-0.2, -0.15) is 0 Å². The molecule has 0 saturated heterocycles. The van der Waals surface area contributed by atoms with Gasteiger partial charge in [0.2, 0.25) is 0 Å². The molecule has 2 aromatic rings. The number of amides is 1. The van der Waals surface area contributed by atoms with Crippen LogP contribution in [0.5, 0.6) is 0 Å². The van der Waals surface area contributed by atoms with Gasteiger partial charge in [-0.3, -0.25) is 10.0 Å². The molecule has 26 heavy (non-hydrogen) atoms. The van der Waals surface area contributed by atoms with Crippen molar-refractivity contribution in [1.29, 1.82) is 0 Å². The van der Waals surface area contributed by atoms with E-state index in [1.807, 2.05) is 12.1 Å². The van der Waals surface area contributed by atoms with Crippen molar-refractivity contribution in [2.75, 3.05) is 31.6 Å². The van der Waals surface area contributed by atoms with Crippen LogP contribution in [0.15, 0.2) is 48.5 Å². The molecular weight excluding hydrogens is 326 g/mol. The number of para-hydroxylation sites is 1. The van der Waals surface area contributed by atoms with Crippen molar-refractivity contribution in [3.05, 3.63) is 65.2 Å². The maximum absolute atomic E-state index is 11.5. The number of hydrogen-bond donors (Lipinski definition) is 2. The highest BCUT2D eigenvalue weighted by Gasteiger charge is 2.14. The third-order valence-electron chi connectivity index (χ3n) is 5.00. The molecule has 0 spiro atoms. The van der Waals surface area contributed by atoms with Gasteiger partial charge in [-0.25, -0.2) is 5.48 Å². The van der Waals surface area contributed by atoms with Crippen LogP contribution < -0.4 is 10.4 Å². The van der Waals surface area contributed by atoms with Crippen molar-refractivity contribution >= 4 is 11.6 Å². The van der Waals surface area contributed by atoms with Crippen LogP contribution in [0.2, 0.25) is 0 Å². The minimum Gasteiger partial charge on any atom is -0.367 e. The monoisotopic (exact) mass is 353 g/mol. The molecule has 5 nitrogen and oxygen atoms in total. The second-order valence-electron chi connectivity index (χ2n) is 6.95. The molecule has 0 unspecified atom stereocenters. The van der Waals surface area contributed by atoms with E-state index in [4.69, 9.17) is 5.21 Å². The van der Waals surface area contributed by atoms with Gasteiger partial charge in [0, 0.05) is 30.9 Å². The normalized spacial score (nSPS) is 16.0. The SMILES string of the molecule is CN1CCCCN(Cc2ccc(C(=O)NO)cc2)c2ccccc2CC1. The number of nitrogens with zero attached hydrogens (tertiary/aromatic N) is 2. The van der Waals surface area contributed by atoms with E-state index >= 15 is 0 Å². The Bertz CT molecular complexity index is 730. The number of fused-ring (bicyclic) bond motifs is 1. The molecular formula is C21H27N3O2. The molecule has 0 saturated carbocycles. The third-order valence-corrected chi connectivity index (χ3v) is 5.00. The Kier molecular flexibility index (Phi) is 6.26. The first-order chi connectivity index (χ1) is 12.7. The lowest BCUT2D eigenvalue weighted by Crippen LogP contribution is -2.29. The summed E-state index contributed by atoms with van der Waals surface area (Å²) in [4.78, 5) is 16.3. The molecule has 0 fully saturated rings. The van der Waals surface area contributed by atoms with Crippen LogP contribution in [0.1, 0.15) is 34.3 Å². The van der Waals surface area contributed by atoms with E-state index in [2.05, 4.69) is 41.1 Å². The maximum atomic E-state index is 11.5. The van der Waals surface area contributed by atoms with Crippen LogP contribution in [0, 0.1) is 0 Å². The molecule has 2 aromatic carbocycles. The zero-order valence-electron chi connectivity index (χ0n) is 15.3. The molecule has 1 heterocycles. The molecule has 1 amide bonds. The smallest absolute Gasteiger partial charge is 0.274 e. The van der Waals surface area contributed by atoms with Crippen molar-refractivity contribution in [2.45, 2.75) is 25.8 Å². The summed E-state index contributed by atoms with van der Waals surface area (Å²) in [5.74, 6) is -0.481. The number of likely N-dealkylation sites (N-methyl/N-ethyl adjacent to an activating group) is 1. The third kappa shape index (κ3) is 4.62. The second kappa shape index (κ2) is 8.83. The Morgan fingerprint density at radius 1 is 1.04 bits per heavy atom. The lowest BCUT2D eigenvalue weighted by Gasteiger charge is -2.30. The van der Waals surface area contributed by atoms with E-state index in [1.165, 1.54) is 17.7 Å². The van der Waals surface area contributed by atoms with Crippen molar-refractivity contribution < 1.29 is 10.0 Å². The second-order valence-corrected chi connectivity index (χ2v) is 6.95. The van der Waals surface area contributed by atoms with Crippen LogP contribution in [0.4, 0.5) is 5.69 Å². The molecule has 2 N–H and O–H groups in total. The Balaban J connectivity index is 1.81. The van der Waals surface area contributed by atoms with E-state index in [0.717, 1.165) is 44.6 Å². The average molecular weight is 353 g/mol. The number of anilines is 1. The molecule has 1 aliphatic heterocycles. The quantitative estimate of drug-likeness (QED) is 0.658. The number of rotatable bonds is 3. The summed E-state index contributed by atoms with van der Waals surface area (Å²) >= 11 is 0. The minimum atomic E-state index is -0.481. The van der Waals surface area contributed by atoms with Gasteiger partial charge in [-0.1, -0.05) is 30.3 Å². The lowest BCUT2D eigenvalue weighted by atomic mass is 10.0. The molecule has 3 rings (SSSR count). The Hall–Kier alpha value is -2.37. The zero-order chi connectivity index (χ0) is 18.4. The minimum absolute atomic E-state index is 0.459. The summed E-state index contributed by atoms with van der Waals surface area (Å²) in [6.07, 6.45) is 3.41. The predicted molar refractivity (Wildman–Crippen MR) is 104 cm³/mol. The summed E-state index contributed by atoms with van der Waals surface area (Å²) in [5, 5.41) is 8.74. The largest absolute Gasteiger partial charge is 0.367 e. The highest BCUT2D eigenvalue weighted by Crippen LogP contribution is 2.25. The van der Waals surface area contributed by atoms with Gasteiger partial charge in [0.15, 0.2) is 0 Å². The molecule has 138 valence electrons. The lowest BCUT2D eigenvalue weighted by molar-refractivity contribution is 0.0706. The van der Waals surface area contributed by atoms with Gasteiger partial charge >= 0.3 is 0 Å². The molecule has 0 atom stereocenters. The average Bonchev–Trinajstić information content (AvgIpc) is 2.68. The highest BCUT2D eigenvalue weighted by atomic mass is 16.5. The van der Waals surface area contributed by atoms with Gasteiger partial charge in [-0.15, -0.1) is 0 Å². The van der Waals surface area contributed by atoms with Crippen molar-refractivity contribution in [2.24, 2.45) is 0 Å². The highest BCUT2D eigenvalue weighted by molar-refractivity contribution is 5.93. The Morgan fingerprint density at radius 2 is 1.77 bits per heavy atom. The van der Waals surface area contributed by atoms with Crippen molar-refractivity contribution in [3.8, 4) is 0 Å². The van der Waals surface area contributed by atoms with Crippen LogP contribution in [-0.4, -0.2) is 42.7 Å². The summed E-state index contributed by atoms with van der Waals surface area (Å²) < 4.78 is 0. The summed E-state index contributed by atoms with van der Waals surface area (Å²) in [6.45, 7) is 4.05. The van der Waals surface area contributed by atoms with Crippen LogP contribution in [0.25, 0.3) is 0 Å². The van der Waals surface area contributed by atoms with E-state index < -0.39 is 5.91 Å². The van der Waals surface area contributed by atoms with Gasteiger partial charge in [0.05, 0.1) is 0 Å². The van der Waals surface area contributed by atoms with Gasteiger partial charge < -0.3 is 9.80 Å². The first-order valence-corrected chi connectivity index (χ1v) is 9.22. The molecule has 0 aliphatic carbocycles. The van der Waals surface area contributed by atoms with Gasteiger partial charge in [0.25, 0.3) is 5.91 Å². The number of carbonyl (C=O) groups excluding carboxylic acids is 1. The fourth-order valence-electron chi connectivity index (χ4n) is 3.47. The Morgan fingerprint density at radius 3 is 2.54 bits per heavy atom. The molecule has 1 aliphatic rings. The van der Waals surface area contributed by atoms with E-state index in [1.54, 1.807) is 17.6 Å². The number of nitrogens with one attached hydrogen (secondary N) is 1. The van der Waals surface area contributed by atoms with Crippen molar-refractivity contribution in [1.82, 2.24) is 10.4 Å². The molecule has 0 bridgehead atoms. The van der Waals surface area contributed by atoms with E-state index in [0.29, 0.717) is 5.56 Å². The van der Waals surface area contributed by atoms with Crippen LogP contribution in [0.3, 0.4) is 0 Å². The first-order valence-electron chi connectivity index (χ1n) is 9.22. The number of hydroxylamine groups is 1. The summed E-state index contributed by atoms with van der Waals surface area (Å²) in [6, 6.07) is 16.1. The standard InChI is InChI=1S/C21H27N3O2/c1-23-13-4-5-14-24(20-7-3-2-6-18(20)12-15-23)16-17-8-10-19(11-9-17)21(25)22-26/h2-3,6-11,26H,4-5,12-16H2,1H3,(H,22,25). The Labute approximate surface area is 155 Å². The first kappa shape index (κ1) is 18.4. The number of carbonyl (C=O) groups is 1. The zero-order valence-corrected chi connectivity index (χ0v) is 15.3. The van der Waals surface area contributed by atoms with E-state index in [-0.39, 0.29) is 0 Å². The van der Waals surface area contributed by atoms with Crippen LogP contribution in [-0.2, 0) is 13.0 Å². The summed E-state index contributed by atoms with van der Waals surface area (Å²) in [7, 11) is 2.20. The number of benzene rings is 2.